The van der Waals surface area contributed by atoms with Crippen molar-refractivity contribution in [1.82, 2.24) is 0 Å². The summed E-state index contributed by atoms with van der Waals surface area (Å²) in [5.74, 6) is 3.33. The normalized spacial score (nSPS) is 38.2. The summed E-state index contributed by atoms with van der Waals surface area (Å²) in [6.45, 7) is 2.43. The van der Waals surface area contributed by atoms with Crippen LogP contribution in [0.5, 0.6) is 0 Å². The van der Waals surface area contributed by atoms with Crippen LogP contribution in [0, 0.1) is 17.8 Å². The van der Waals surface area contributed by atoms with Crippen molar-refractivity contribution in [3.63, 3.8) is 0 Å². The van der Waals surface area contributed by atoms with Crippen molar-refractivity contribution in [3.8, 4) is 0 Å². The van der Waals surface area contributed by atoms with E-state index in [1.165, 1.54) is 12.8 Å². The average Bonchev–Trinajstić information content (AvgIpc) is 2.20. The molecular weight excluding hydrogens is 271 g/mol. The predicted octanol–water partition coefficient (Wildman–Crippen LogP) is 0.312. The van der Waals surface area contributed by atoms with E-state index in [1.54, 1.807) is 34.5 Å². The average molecular weight is 293 g/mol. The van der Waals surface area contributed by atoms with Gasteiger partial charge in [-0.15, -0.1) is 0 Å². The Morgan fingerprint density at radius 2 is 1.31 bits per heavy atom. The number of hydrogen-bond donors (Lipinski definition) is 0. The first-order valence-corrected chi connectivity index (χ1v) is 8.95. The Kier molecular flexibility index (Phi) is 3.94. The molecule has 2 fully saturated rings. The van der Waals surface area contributed by atoms with Crippen LogP contribution in [0.3, 0.4) is 0 Å². The molecule has 0 spiro atoms. The van der Waals surface area contributed by atoms with Crippen molar-refractivity contribution < 1.29 is 21.2 Å². The fourth-order valence-electron chi connectivity index (χ4n) is 2.90. The molecule has 0 unspecified atom stereocenters. The second-order valence-corrected chi connectivity index (χ2v) is 8.16. The summed E-state index contributed by atoms with van der Waals surface area (Å²) in [6, 6.07) is 0. The van der Waals surface area contributed by atoms with E-state index in [9.17, 15) is 0 Å². The zero-order chi connectivity index (χ0) is 9.10. The molecule has 0 N–H and O–H groups in total. The van der Waals surface area contributed by atoms with Gasteiger partial charge in [0, 0.05) is 0 Å². The Morgan fingerprint density at radius 3 is 1.92 bits per heavy atom. The van der Waals surface area contributed by atoms with Crippen LogP contribution in [0.2, 0.25) is 0 Å². The molecule has 1 saturated carbocycles. The summed E-state index contributed by atoms with van der Waals surface area (Å²) in [6.07, 6.45) is 9.37. The molecule has 2 rings (SSSR count). The van der Waals surface area contributed by atoms with Crippen LogP contribution in [0.1, 0.15) is 45.4 Å². The number of alkyl halides is 2. The molecule has 1 heteroatoms. The SMILES string of the molecule is CC1CCC(C2CC[I-]CC2)CC1. The first-order valence-electron chi connectivity index (χ1n) is 5.89. The van der Waals surface area contributed by atoms with E-state index in [1.807, 2.05) is 0 Å². The van der Waals surface area contributed by atoms with Gasteiger partial charge in [0.15, 0.2) is 0 Å². The topological polar surface area (TPSA) is 0 Å². The molecule has 78 valence electrons. The molecule has 2 aliphatic rings. The molecule has 0 aromatic rings. The van der Waals surface area contributed by atoms with Crippen LogP contribution in [0.25, 0.3) is 0 Å². The van der Waals surface area contributed by atoms with Gasteiger partial charge in [-0.2, -0.15) is 0 Å². The van der Waals surface area contributed by atoms with Crippen molar-refractivity contribution in [2.45, 2.75) is 45.4 Å². The van der Waals surface area contributed by atoms with Gasteiger partial charge in [-0.25, -0.2) is 0 Å². The van der Waals surface area contributed by atoms with Crippen LogP contribution in [0.4, 0.5) is 0 Å². The van der Waals surface area contributed by atoms with E-state index in [-0.39, 0.29) is 0 Å². The first kappa shape index (κ1) is 10.3. The molecule has 1 saturated heterocycles. The third-order valence-corrected chi connectivity index (χ3v) is 6.73. The summed E-state index contributed by atoms with van der Waals surface area (Å²) in [7, 11) is 0. The fraction of sp³-hybridized carbons (Fsp3) is 1.00. The molecule has 0 aromatic heterocycles. The minimum absolute atomic E-state index is 0.656. The Morgan fingerprint density at radius 1 is 0.769 bits per heavy atom. The Balaban J connectivity index is 1.79. The maximum absolute atomic E-state index is 2.43. The molecule has 0 bridgehead atoms. The van der Waals surface area contributed by atoms with Gasteiger partial charge in [0.1, 0.15) is 0 Å². The van der Waals surface area contributed by atoms with Gasteiger partial charge in [0.2, 0.25) is 0 Å². The summed E-state index contributed by atoms with van der Waals surface area (Å²) in [5, 5.41) is 0. The van der Waals surface area contributed by atoms with Crippen molar-refractivity contribution >= 4 is 0 Å². The van der Waals surface area contributed by atoms with E-state index < -0.39 is 0 Å². The number of rotatable bonds is 1. The summed E-state index contributed by atoms with van der Waals surface area (Å²) < 4.78 is 3.27. The van der Waals surface area contributed by atoms with Gasteiger partial charge in [0.25, 0.3) is 0 Å². The molecular formula is C12H22I-. The van der Waals surface area contributed by atoms with E-state index in [4.69, 9.17) is 0 Å². The minimum atomic E-state index is 0.656. The standard InChI is InChI=1S/C12H22I/c1-10-2-4-11(5-3-10)12-6-8-13-9-7-12/h10-12H,2-9H2,1H3/q-1. The van der Waals surface area contributed by atoms with Gasteiger partial charge in [0.05, 0.1) is 0 Å². The van der Waals surface area contributed by atoms with Gasteiger partial charge in [-0.1, -0.05) is 0 Å². The quantitative estimate of drug-likeness (QED) is 0.482. The van der Waals surface area contributed by atoms with E-state index in [0.717, 1.165) is 17.8 Å². The van der Waals surface area contributed by atoms with Crippen LogP contribution in [-0.2, 0) is 0 Å². The molecule has 1 heterocycles. The fourth-order valence-corrected chi connectivity index (χ4v) is 5.92. The summed E-state index contributed by atoms with van der Waals surface area (Å²) in [5.41, 5.74) is 0. The zero-order valence-electron chi connectivity index (χ0n) is 8.77. The van der Waals surface area contributed by atoms with E-state index >= 15 is 0 Å². The molecule has 13 heavy (non-hydrogen) atoms. The molecule has 1 aliphatic heterocycles. The van der Waals surface area contributed by atoms with Crippen molar-refractivity contribution in [1.29, 1.82) is 0 Å². The van der Waals surface area contributed by atoms with Crippen molar-refractivity contribution in [3.05, 3.63) is 0 Å². The van der Waals surface area contributed by atoms with Gasteiger partial charge >= 0.3 is 93.3 Å². The first-order chi connectivity index (χ1) is 6.36. The molecule has 0 radical (unpaired) electrons. The van der Waals surface area contributed by atoms with E-state index in [0.29, 0.717) is 21.2 Å². The Hall–Kier alpha value is 0.730. The molecule has 1 aliphatic carbocycles. The van der Waals surface area contributed by atoms with Crippen LogP contribution < -0.4 is 21.2 Å². The third-order valence-electron chi connectivity index (χ3n) is 3.95. The maximum atomic E-state index is 2.43. The summed E-state index contributed by atoms with van der Waals surface area (Å²) in [4.78, 5) is 0. The van der Waals surface area contributed by atoms with Crippen LogP contribution in [0.15, 0.2) is 0 Å². The van der Waals surface area contributed by atoms with E-state index in [2.05, 4.69) is 6.92 Å². The van der Waals surface area contributed by atoms with Gasteiger partial charge in [-0.3, -0.25) is 0 Å². The van der Waals surface area contributed by atoms with Gasteiger partial charge in [-0.05, 0) is 0 Å². The zero-order valence-corrected chi connectivity index (χ0v) is 10.9. The van der Waals surface area contributed by atoms with Crippen LogP contribution >= 0.6 is 0 Å². The molecule has 0 nitrogen and oxygen atoms in total. The second kappa shape index (κ2) is 4.99. The number of halogens is 1. The number of hydrogen-bond acceptors (Lipinski definition) is 0. The predicted molar refractivity (Wildman–Crippen MR) is 53.6 cm³/mol. The monoisotopic (exact) mass is 293 g/mol. The molecule has 0 amide bonds. The second-order valence-electron chi connectivity index (χ2n) is 4.92. The molecule has 0 aromatic carbocycles. The van der Waals surface area contributed by atoms with Gasteiger partial charge < -0.3 is 0 Å². The Bertz CT molecular complexity index is 141. The van der Waals surface area contributed by atoms with Crippen LogP contribution in [-0.4, -0.2) is 8.86 Å². The Labute approximate surface area is 93.1 Å². The third kappa shape index (κ3) is 2.84. The summed E-state index contributed by atoms with van der Waals surface area (Å²) >= 11 is 0.656. The van der Waals surface area contributed by atoms with Crippen molar-refractivity contribution in [2.24, 2.45) is 17.8 Å². The van der Waals surface area contributed by atoms with Crippen molar-refractivity contribution in [2.75, 3.05) is 8.86 Å². The molecule has 0 atom stereocenters.